The molecule has 0 aromatic rings. The Bertz CT molecular complexity index is 127. The van der Waals surface area contributed by atoms with E-state index in [1.807, 2.05) is 13.8 Å². The smallest absolute Gasteiger partial charge is 0.221 e. The van der Waals surface area contributed by atoms with Crippen molar-refractivity contribution in [2.24, 2.45) is 5.73 Å². The predicted molar refractivity (Wildman–Crippen MR) is 49.8 cm³/mol. The number of hydrogen-bond acceptors (Lipinski definition) is 3. The average molecular weight is 173 g/mol. The summed E-state index contributed by atoms with van der Waals surface area (Å²) in [7, 11) is 0. The second-order valence-corrected chi connectivity index (χ2v) is 2.79. The molecule has 12 heavy (non-hydrogen) atoms. The zero-order chi connectivity index (χ0) is 9.40. The Balaban J connectivity index is 3.24. The second-order valence-electron chi connectivity index (χ2n) is 2.79. The lowest BCUT2D eigenvalue weighted by Gasteiger charge is -2.10. The number of hydrogen-bond donors (Lipinski definition) is 3. The Hall–Kier alpha value is -0.610. The molecular weight excluding hydrogens is 154 g/mol. The van der Waals surface area contributed by atoms with Gasteiger partial charge in [0.2, 0.25) is 5.91 Å². The molecule has 0 aliphatic rings. The monoisotopic (exact) mass is 173 g/mol. The van der Waals surface area contributed by atoms with Gasteiger partial charge in [-0.2, -0.15) is 0 Å². The first kappa shape index (κ1) is 11.4. The summed E-state index contributed by atoms with van der Waals surface area (Å²) in [5.41, 5.74) is 5.38. The van der Waals surface area contributed by atoms with Crippen LogP contribution in [0.3, 0.4) is 0 Å². The molecule has 0 aliphatic carbocycles. The number of rotatable bonds is 6. The van der Waals surface area contributed by atoms with Crippen molar-refractivity contribution in [2.45, 2.75) is 26.3 Å². The topological polar surface area (TPSA) is 67.2 Å². The Morgan fingerprint density at radius 2 is 2.25 bits per heavy atom. The zero-order valence-corrected chi connectivity index (χ0v) is 7.89. The molecule has 0 saturated carbocycles. The Labute approximate surface area is 73.9 Å². The first-order chi connectivity index (χ1) is 5.70. The van der Waals surface area contributed by atoms with E-state index >= 15 is 0 Å². The summed E-state index contributed by atoms with van der Waals surface area (Å²) in [6, 6.07) is 0.291. The summed E-state index contributed by atoms with van der Waals surface area (Å²) < 4.78 is 0. The summed E-state index contributed by atoms with van der Waals surface area (Å²) in [4.78, 5) is 10.9. The van der Waals surface area contributed by atoms with Gasteiger partial charge in [0.15, 0.2) is 0 Å². The van der Waals surface area contributed by atoms with E-state index in [0.29, 0.717) is 32.1 Å². The van der Waals surface area contributed by atoms with Crippen molar-refractivity contribution in [1.82, 2.24) is 10.6 Å². The van der Waals surface area contributed by atoms with Gasteiger partial charge in [0.25, 0.3) is 0 Å². The second kappa shape index (κ2) is 7.06. The number of amides is 1. The van der Waals surface area contributed by atoms with Gasteiger partial charge < -0.3 is 16.4 Å². The van der Waals surface area contributed by atoms with Crippen LogP contribution in [0, 0.1) is 0 Å². The van der Waals surface area contributed by atoms with Crippen LogP contribution in [0.2, 0.25) is 0 Å². The van der Waals surface area contributed by atoms with Crippen LogP contribution in [0.15, 0.2) is 0 Å². The van der Waals surface area contributed by atoms with Gasteiger partial charge in [0, 0.05) is 32.1 Å². The fraction of sp³-hybridized carbons (Fsp3) is 0.875. The van der Waals surface area contributed by atoms with Crippen LogP contribution in [-0.4, -0.2) is 31.6 Å². The Kier molecular flexibility index (Phi) is 6.70. The third-order valence-corrected chi connectivity index (χ3v) is 1.57. The van der Waals surface area contributed by atoms with Gasteiger partial charge in [-0.15, -0.1) is 0 Å². The van der Waals surface area contributed by atoms with Gasteiger partial charge in [-0.1, -0.05) is 0 Å². The zero-order valence-electron chi connectivity index (χ0n) is 7.89. The van der Waals surface area contributed by atoms with Gasteiger partial charge in [-0.25, -0.2) is 0 Å². The van der Waals surface area contributed by atoms with Crippen LogP contribution < -0.4 is 16.4 Å². The van der Waals surface area contributed by atoms with Crippen molar-refractivity contribution in [1.29, 1.82) is 0 Å². The summed E-state index contributed by atoms with van der Waals surface area (Å²) in [6.45, 7) is 5.91. The highest BCUT2D eigenvalue weighted by molar-refractivity contribution is 5.75. The standard InChI is InChI=1S/C8H19N3O/c1-3-10-8(12)4-5-11-7(2)6-9/h7,11H,3-6,9H2,1-2H3,(H,10,12). The fourth-order valence-electron chi connectivity index (χ4n) is 0.801. The van der Waals surface area contributed by atoms with Crippen LogP contribution in [0.4, 0.5) is 0 Å². The Morgan fingerprint density at radius 1 is 1.58 bits per heavy atom. The number of carbonyl (C=O) groups excluding carboxylic acids is 1. The van der Waals surface area contributed by atoms with Crippen molar-refractivity contribution >= 4 is 5.91 Å². The molecule has 0 rings (SSSR count). The van der Waals surface area contributed by atoms with Gasteiger partial charge in [-0.3, -0.25) is 4.79 Å². The summed E-state index contributed by atoms with van der Waals surface area (Å²) >= 11 is 0. The van der Waals surface area contributed by atoms with Crippen LogP contribution in [0.1, 0.15) is 20.3 Å². The predicted octanol–water partition coefficient (Wildman–Crippen LogP) is -0.551. The van der Waals surface area contributed by atoms with Crippen LogP contribution in [0.5, 0.6) is 0 Å². The van der Waals surface area contributed by atoms with Gasteiger partial charge in [0.05, 0.1) is 0 Å². The highest BCUT2D eigenvalue weighted by Crippen LogP contribution is 1.80. The lowest BCUT2D eigenvalue weighted by atomic mass is 10.3. The summed E-state index contributed by atoms with van der Waals surface area (Å²) in [6.07, 6.45) is 0.526. The minimum Gasteiger partial charge on any atom is -0.356 e. The van der Waals surface area contributed by atoms with E-state index in [9.17, 15) is 4.79 Å². The molecule has 72 valence electrons. The third kappa shape index (κ3) is 6.12. The molecule has 0 spiro atoms. The molecule has 0 heterocycles. The molecule has 4 heteroatoms. The fourth-order valence-corrected chi connectivity index (χ4v) is 0.801. The van der Waals surface area contributed by atoms with E-state index in [-0.39, 0.29) is 5.91 Å². The van der Waals surface area contributed by atoms with E-state index < -0.39 is 0 Å². The minimum absolute atomic E-state index is 0.0919. The van der Waals surface area contributed by atoms with E-state index in [0.717, 1.165) is 0 Å². The van der Waals surface area contributed by atoms with Crippen molar-refractivity contribution < 1.29 is 4.79 Å². The SMILES string of the molecule is CCNC(=O)CCNC(C)CN. The van der Waals surface area contributed by atoms with Crippen molar-refractivity contribution in [3.05, 3.63) is 0 Å². The van der Waals surface area contributed by atoms with Gasteiger partial charge in [0.1, 0.15) is 0 Å². The molecule has 0 bridgehead atoms. The molecule has 4 N–H and O–H groups in total. The quantitative estimate of drug-likeness (QED) is 0.505. The molecule has 1 amide bonds. The molecule has 0 fully saturated rings. The highest BCUT2D eigenvalue weighted by atomic mass is 16.1. The first-order valence-corrected chi connectivity index (χ1v) is 4.40. The maximum absolute atomic E-state index is 10.9. The number of nitrogens with one attached hydrogen (secondary N) is 2. The van der Waals surface area contributed by atoms with E-state index in [1.165, 1.54) is 0 Å². The van der Waals surface area contributed by atoms with Crippen molar-refractivity contribution in [3.8, 4) is 0 Å². The molecule has 0 saturated heterocycles. The van der Waals surface area contributed by atoms with Crippen LogP contribution >= 0.6 is 0 Å². The number of nitrogens with two attached hydrogens (primary N) is 1. The first-order valence-electron chi connectivity index (χ1n) is 4.40. The maximum atomic E-state index is 10.9. The summed E-state index contributed by atoms with van der Waals surface area (Å²) in [5.74, 6) is 0.0919. The molecule has 1 atom stereocenters. The average Bonchev–Trinajstić information content (AvgIpc) is 2.04. The lowest BCUT2D eigenvalue weighted by Crippen LogP contribution is -2.36. The number of carbonyl (C=O) groups is 1. The minimum atomic E-state index is 0.0919. The van der Waals surface area contributed by atoms with E-state index in [1.54, 1.807) is 0 Å². The third-order valence-electron chi connectivity index (χ3n) is 1.57. The van der Waals surface area contributed by atoms with E-state index in [2.05, 4.69) is 10.6 Å². The molecule has 4 nitrogen and oxygen atoms in total. The maximum Gasteiger partial charge on any atom is 0.221 e. The van der Waals surface area contributed by atoms with Crippen molar-refractivity contribution in [3.63, 3.8) is 0 Å². The van der Waals surface area contributed by atoms with Crippen molar-refractivity contribution in [2.75, 3.05) is 19.6 Å². The molecule has 0 aromatic carbocycles. The normalized spacial score (nSPS) is 12.6. The molecule has 0 radical (unpaired) electrons. The van der Waals surface area contributed by atoms with Crippen LogP contribution in [-0.2, 0) is 4.79 Å². The van der Waals surface area contributed by atoms with E-state index in [4.69, 9.17) is 5.73 Å². The molecular formula is C8H19N3O. The summed E-state index contributed by atoms with van der Waals surface area (Å²) in [5, 5.41) is 5.86. The van der Waals surface area contributed by atoms with Gasteiger partial charge >= 0.3 is 0 Å². The molecule has 0 aromatic heterocycles. The Morgan fingerprint density at radius 3 is 2.75 bits per heavy atom. The van der Waals surface area contributed by atoms with Crippen LogP contribution in [0.25, 0.3) is 0 Å². The highest BCUT2D eigenvalue weighted by Gasteiger charge is 2.00. The largest absolute Gasteiger partial charge is 0.356 e. The lowest BCUT2D eigenvalue weighted by molar-refractivity contribution is -0.120. The molecule has 0 aliphatic heterocycles. The van der Waals surface area contributed by atoms with Gasteiger partial charge in [-0.05, 0) is 13.8 Å². The molecule has 1 unspecified atom stereocenters.